The van der Waals surface area contributed by atoms with Crippen molar-refractivity contribution in [1.82, 2.24) is 9.78 Å². The Morgan fingerprint density at radius 3 is 2.54 bits per heavy atom. The Morgan fingerprint density at radius 1 is 1.21 bits per heavy atom. The van der Waals surface area contributed by atoms with E-state index in [1.807, 2.05) is 0 Å². The fraction of sp³-hybridized carbons (Fsp3) is 0.158. The number of nitrogens with zero attached hydrogens (tertiary/aromatic N) is 2. The Balaban J connectivity index is 1.93. The minimum Gasteiger partial charge on any atom is -0.454 e. The minimum atomic E-state index is -4.61. The van der Waals surface area contributed by atoms with Gasteiger partial charge in [-0.2, -0.15) is 18.3 Å². The molecule has 0 spiro atoms. The predicted octanol–water partition coefficient (Wildman–Crippen LogP) is 5.82. The summed E-state index contributed by atoms with van der Waals surface area (Å²) < 4.78 is 46.5. The summed E-state index contributed by atoms with van der Waals surface area (Å²) in [6.45, 7) is 1.31. The molecule has 0 atom stereocenters. The number of rotatable bonds is 5. The third kappa shape index (κ3) is 4.88. The molecule has 1 heterocycles. The quantitative estimate of drug-likeness (QED) is 0.293. The number of halogens is 4. The van der Waals surface area contributed by atoms with E-state index in [1.165, 1.54) is 30.9 Å². The second kappa shape index (κ2) is 8.28. The average molecular weight is 427 g/mol. The number of hydrogen-bond acceptors (Lipinski definition) is 4. The van der Waals surface area contributed by atoms with Gasteiger partial charge in [0.1, 0.15) is 5.94 Å². The first kappa shape index (κ1) is 20.3. The van der Waals surface area contributed by atoms with Crippen LogP contribution in [-0.2, 0) is 15.7 Å². The van der Waals surface area contributed by atoms with Gasteiger partial charge in [0.05, 0.1) is 5.69 Å². The van der Waals surface area contributed by atoms with Crippen molar-refractivity contribution in [3.8, 4) is 16.8 Å². The van der Waals surface area contributed by atoms with E-state index in [0.717, 1.165) is 9.58 Å². The Morgan fingerprint density at radius 2 is 1.93 bits per heavy atom. The van der Waals surface area contributed by atoms with Crippen LogP contribution < -0.4 is 0 Å². The smallest absolute Gasteiger partial charge is 0.435 e. The van der Waals surface area contributed by atoms with Crippen molar-refractivity contribution in [1.29, 1.82) is 0 Å². The van der Waals surface area contributed by atoms with Crippen molar-refractivity contribution in [3.63, 3.8) is 0 Å². The van der Waals surface area contributed by atoms with Crippen LogP contribution in [0.15, 0.2) is 59.6 Å². The van der Waals surface area contributed by atoms with Gasteiger partial charge in [0.25, 0.3) is 0 Å². The Hall–Kier alpha value is -2.45. The molecule has 0 aliphatic heterocycles. The summed E-state index contributed by atoms with van der Waals surface area (Å²) >= 11 is 7.20. The van der Waals surface area contributed by atoms with Crippen molar-refractivity contribution in [3.05, 3.63) is 65.4 Å². The molecule has 1 aromatic heterocycles. The zero-order valence-corrected chi connectivity index (χ0v) is 16.1. The standard InChI is InChI=1S/C19H14ClF3N2O2S/c1-12(26)27-11-28-16-7-5-13(6-8-16)17-10-25(24-18(17)19(21,22)23)15-4-2-3-14(20)9-15/h2-10H,11H2,1H3. The molecule has 0 radical (unpaired) electrons. The summed E-state index contributed by atoms with van der Waals surface area (Å²) in [6.07, 6.45) is -3.28. The van der Waals surface area contributed by atoms with Crippen LogP contribution in [0.1, 0.15) is 12.6 Å². The van der Waals surface area contributed by atoms with Gasteiger partial charge < -0.3 is 4.74 Å². The summed E-state index contributed by atoms with van der Waals surface area (Å²) in [5.74, 6) is -0.262. The summed E-state index contributed by atoms with van der Waals surface area (Å²) in [4.78, 5) is 11.5. The van der Waals surface area contributed by atoms with Crippen molar-refractivity contribution < 1.29 is 22.7 Å². The van der Waals surface area contributed by atoms with E-state index in [9.17, 15) is 18.0 Å². The first-order valence-corrected chi connectivity index (χ1v) is 9.40. The number of benzene rings is 2. The summed E-state index contributed by atoms with van der Waals surface area (Å²) in [6, 6.07) is 12.9. The maximum Gasteiger partial charge on any atom is 0.435 e. The van der Waals surface area contributed by atoms with Crippen LogP contribution in [0.2, 0.25) is 5.02 Å². The molecule has 0 saturated carbocycles. The van der Waals surface area contributed by atoms with Crippen LogP contribution in [-0.4, -0.2) is 21.7 Å². The summed E-state index contributed by atoms with van der Waals surface area (Å²) in [5, 5.41) is 4.13. The highest BCUT2D eigenvalue weighted by Crippen LogP contribution is 2.37. The monoisotopic (exact) mass is 426 g/mol. The first-order chi connectivity index (χ1) is 13.2. The van der Waals surface area contributed by atoms with Crippen LogP contribution in [0.5, 0.6) is 0 Å². The molecule has 28 heavy (non-hydrogen) atoms. The molecule has 0 unspecified atom stereocenters. The number of carbonyl (C=O) groups excluding carboxylic acids is 1. The van der Waals surface area contributed by atoms with Crippen LogP contribution in [0.25, 0.3) is 16.8 Å². The molecule has 0 N–H and O–H groups in total. The van der Waals surface area contributed by atoms with Crippen molar-refractivity contribution in [2.45, 2.75) is 18.0 Å². The number of alkyl halides is 3. The fourth-order valence-electron chi connectivity index (χ4n) is 2.46. The Bertz CT molecular complexity index is 988. The number of hydrogen-bond donors (Lipinski definition) is 0. The molecule has 2 aromatic carbocycles. The lowest BCUT2D eigenvalue weighted by molar-refractivity contribution is -0.141. The van der Waals surface area contributed by atoms with Gasteiger partial charge in [-0.05, 0) is 35.9 Å². The molecule has 3 rings (SSSR count). The van der Waals surface area contributed by atoms with Crippen LogP contribution in [0, 0.1) is 0 Å². The lowest BCUT2D eigenvalue weighted by atomic mass is 10.1. The van der Waals surface area contributed by atoms with Crippen LogP contribution in [0.4, 0.5) is 13.2 Å². The zero-order chi connectivity index (χ0) is 20.3. The molecule has 146 valence electrons. The fourth-order valence-corrected chi connectivity index (χ4v) is 3.33. The van der Waals surface area contributed by atoms with Gasteiger partial charge in [-0.15, -0.1) is 0 Å². The number of thioether (sulfide) groups is 1. The van der Waals surface area contributed by atoms with Crippen LogP contribution in [0.3, 0.4) is 0 Å². The summed E-state index contributed by atoms with van der Waals surface area (Å²) in [7, 11) is 0. The van der Waals surface area contributed by atoms with Gasteiger partial charge in [-0.1, -0.05) is 41.6 Å². The zero-order valence-electron chi connectivity index (χ0n) is 14.5. The van der Waals surface area contributed by atoms with E-state index in [0.29, 0.717) is 16.3 Å². The second-order valence-corrected chi connectivity index (χ2v) is 7.17. The van der Waals surface area contributed by atoms with Gasteiger partial charge in [0.15, 0.2) is 5.69 Å². The minimum absolute atomic E-state index is 0.0380. The third-order valence-corrected chi connectivity index (χ3v) is 4.78. The molecule has 0 fully saturated rings. The van der Waals surface area contributed by atoms with E-state index in [2.05, 4.69) is 5.10 Å². The average Bonchev–Trinajstić information content (AvgIpc) is 3.08. The van der Waals surface area contributed by atoms with Gasteiger partial charge in [-0.25, -0.2) is 4.68 Å². The molecule has 4 nitrogen and oxygen atoms in total. The lowest BCUT2D eigenvalue weighted by Crippen LogP contribution is -2.08. The molecule has 9 heteroatoms. The topological polar surface area (TPSA) is 44.1 Å². The van der Waals surface area contributed by atoms with Crippen molar-refractivity contribution in [2.75, 3.05) is 5.94 Å². The maximum absolute atomic E-state index is 13.5. The highest BCUT2D eigenvalue weighted by Gasteiger charge is 2.37. The van der Waals surface area contributed by atoms with E-state index < -0.39 is 17.8 Å². The van der Waals surface area contributed by atoms with Gasteiger partial charge in [0.2, 0.25) is 0 Å². The third-order valence-electron chi connectivity index (χ3n) is 3.71. The lowest BCUT2D eigenvalue weighted by Gasteiger charge is -2.07. The highest BCUT2D eigenvalue weighted by atomic mass is 35.5. The molecule has 3 aromatic rings. The van der Waals surface area contributed by atoms with Gasteiger partial charge in [0, 0.05) is 28.6 Å². The normalized spacial score (nSPS) is 11.5. The predicted molar refractivity (Wildman–Crippen MR) is 102 cm³/mol. The Labute approximate surface area is 168 Å². The number of aromatic nitrogens is 2. The summed E-state index contributed by atoms with van der Waals surface area (Å²) in [5.41, 5.74) is -0.216. The van der Waals surface area contributed by atoms with Crippen molar-refractivity contribution >= 4 is 29.3 Å². The first-order valence-electron chi connectivity index (χ1n) is 8.03. The number of ether oxygens (including phenoxy) is 1. The molecule has 0 saturated heterocycles. The van der Waals surface area contributed by atoms with Gasteiger partial charge in [-0.3, -0.25) is 4.79 Å². The van der Waals surface area contributed by atoms with Crippen LogP contribution >= 0.6 is 23.4 Å². The van der Waals surface area contributed by atoms with E-state index in [4.69, 9.17) is 16.3 Å². The number of esters is 1. The SMILES string of the molecule is CC(=O)OCSc1ccc(-c2cn(-c3cccc(Cl)c3)nc2C(F)(F)F)cc1. The second-order valence-electron chi connectivity index (χ2n) is 5.74. The van der Waals surface area contributed by atoms with Gasteiger partial charge >= 0.3 is 12.1 Å². The van der Waals surface area contributed by atoms with E-state index in [1.54, 1.807) is 42.5 Å². The number of carbonyl (C=O) groups is 1. The molecule has 0 aliphatic rings. The Kier molecular flexibility index (Phi) is 6.00. The van der Waals surface area contributed by atoms with E-state index >= 15 is 0 Å². The molecular formula is C19H14ClF3N2O2S. The molecular weight excluding hydrogens is 413 g/mol. The maximum atomic E-state index is 13.5. The van der Waals surface area contributed by atoms with E-state index in [-0.39, 0.29) is 11.5 Å². The molecule has 0 amide bonds. The molecule has 0 bridgehead atoms. The molecule has 0 aliphatic carbocycles. The van der Waals surface area contributed by atoms with Crippen molar-refractivity contribution in [2.24, 2.45) is 0 Å². The largest absolute Gasteiger partial charge is 0.454 e. The highest BCUT2D eigenvalue weighted by molar-refractivity contribution is 7.99.